The van der Waals surface area contributed by atoms with Gasteiger partial charge in [0.2, 0.25) is 5.82 Å². The summed E-state index contributed by atoms with van der Waals surface area (Å²) in [6.45, 7) is 4.01. The Balaban J connectivity index is 2.42. The number of hydrogen-bond acceptors (Lipinski definition) is 2. The van der Waals surface area contributed by atoms with Gasteiger partial charge < -0.3 is 0 Å². The smallest absolute Gasteiger partial charge is 0.188 e. The molecule has 0 aliphatic rings. The van der Waals surface area contributed by atoms with Crippen LogP contribution in [0.15, 0.2) is 36.4 Å². The van der Waals surface area contributed by atoms with Crippen LogP contribution in [0.4, 0.5) is 0 Å². The maximum atomic E-state index is 4.55. The van der Waals surface area contributed by atoms with E-state index in [1.165, 1.54) is 5.56 Å². The zero-order chi connectivity index (χ0) is 12.7. The van der Waals surface area contributed by atoms with Crippen LogP contribution in [0.3, 0.4) is 0 Å². The van der Waals surface area contributed by atoms with Gasteiger partial charge in [-0.05, 0) is 12.0 Å². The van der Waals surface area contributed by atoms with E-state index in [9.17, 15) is 0 Å². The molecule has 0 unspecified atom stereocenters. The van der Waals surface area contributed by atoms with Gasteiger partial charge in [-0.15, -0.1) is 9.67 Å². The Morgan fingerprint density at radius 3 is 2.56 bits per heavy atom. The monoisotopic (exact) mass is 239 g/mol. The van der Waals surface area contributed by atoms with Gasteiger partial charge >= 0.3 is 5.78 Å². The number of fused-ring (bicyclic) bond motifs is 1. The summed E-state index contributed by atoms with van der Waals surface area (Å²) in [4.78, 5) is 4.55. The fourth-order valence-corrected chi connectivity index (χ4v) is 2.27. The van der Waals surface area contributed by atoms with Crippen molar-refractivity contribution < 1.29 is 4.40 Å². The van der Waals surface area contributed by atoms with Crippen LogP contribution in [0.25, 0.3) is 17.0 Å². The fraction of sp³-hybridized carbons (Fsp3) is 0.214. The number of aryl methyl sites for hydroxylation is 3. The van der Waals surface area contributed by atoms with E-state index >= 15 is 0 Å². The van der Waals surface area contributed by atoms with E-state index in [4.69, 9.17) is 0 Å². The summed E-state index contributed by atoms with van der Waals surface area (Å²) < 4.78 is 3.90. The molecule has 0 saturated heterocycles. The molecule has 3 rings (SSSR count). The maximum absolute atomic E-state index is 4.55. The third kappa shape index (κ3) is 1.57. The van der Waals surface area contributed by atoms with E-state index in [0.717, 1.165) is 23.0 Å². The maximum Gasteiger partial charge on any atom is 0.387 e. The van der Waals surface area contributed by atoms with E-state index in [0.29, 0.717) is 0 Å². The molecule has 0 fully saturated rings. The third-order valence-electron chi connectivity index (χ3n) is 3.04. The summed E-state index contributed by atoms with van der Waals surface area (Å²) in [6.07, 6.45) is 0. The SMILES string of the molecule is Cc1cc(-c2ccccc2)[n+]2c(C)nn(C)c2n1. The second-order valence-corrected chi connectivity index (χ2v) is 4.46. The normalized spacial score (nSPS) is 11.1. The summed E-state index contributed by atoms with van der Waals surface area (Å²) >= 11 is 0. The summed E-state index contributed by atoms with van der Waals surface area (Å²) in [7, 11) is 1.92. The number of rotatable bonds is 1. The highest BCUT2D eigenvalue weighted by molar-refractivity contribution is 5.57. The Morgan fingerprint density at radius 1 is 1.11 bits per heavy atom. The lowest BCUT2D eigenvalue weighted by Crippen LogP contribution is -2.28. The van der Waals surface area contributed by atoms with Crippen molar-refractivity contribution in [2.75, 3.05) is 0 Å². The first-order chi connectivity index (χ1) is 8.66. The Bertz CT molecular complexity index is 713. The number of nitrogens with zero attached hydrogens (tertiary/aromatic N) is 4. The van der Waals surface area contributed by atoms with E-state index in [1.807, 2.05) is 43.8 Å². The highest BCUT2D eigenvalue weighted by atomic mass is 15.4. The number of hydrogen-bond donors (Lipinski definition) is 0. The molecule has 0 amide bonds. The molecule has 0 spiro atoms. The molecular weight excluding hydrogens is 224 g/mol. The molecule has 0 bridgehead atoms. The van der Waals surface area contributed by atoms with Gasteiger partial charge in [-0.2, -0.15) is 4.40 Å². The average Bonchev–Trinajstić information content (AvgIpc) is 2.65. The van der Waals surface area contributed by atoms with Crippen molar-refractivity contribution in [2.45, 2.75) is 13.8 Å². The molecule has 0 atom stereocenters. The first kappa shape index (κ1) is 10.9. The minimum Gasteiger partial charge on any atom is -0.188 e. The molecule has 0 aliphatic heterocycles. The molecule has 0 radical (unpaired) electrons. The van der Waals surface area contributed by atoms with Gasteiger partial charge in [-0.1, -0.05) is 30.3 Å². The zero-order valence-corrected chi connectivity index (χ0v) is 10.8. The Labute approximate surface area is 106 Å². The predicted octanol–water partition coefficient (Wildman–Crippen LogP) is 1.84. The van der Waals surface area contributed by atoms with Crippen LogP contribution in [0.5, 0.6) is 0 Å². The van der Waals surface area contributed by atoms with Crippen molar-refractivity contribution in [3.63, 3.8) is 0 Å². The van der Waals surface area contributed by atoms with Crippen molar-refractivity contribution in [2.24, 2.45) is 7.05 Å². The van der Waals surface area contributed by atoms with Crippen LogP contribution in [0.1, 0.15) is 11.5 Å². The quantitative estimate of drug-likeness (QED) is 0.607. The Morgan fingerprint density at radius 2 is 1.83 bits per heavy atom. The first-order valence-electron chi connectivity index (χ1n) is 5.95. The highest BCUT2D eigenvalue weighted by Gasteiger charge is 2.19. The summed E-state index contributed by atoms with van der Waals surface area (Å²) in [5.74, 6) is 1.81. The molecule has 4 nitrogen and oxygen atoms in total. The molecular formula is C14H15N4+. The third-order valence-corrected chi connectivity index (χ3v) is 3.04. The molecule has 4 heteroatoms. The molecule has 1 aromatic carbocycles. The molecule has 2 aromatic heterocycles. The van der Waals surface area contributed by atoms with E-state index in [1.54, 1.807) is 0 Å². The first-order valence-corrected chi connectivity index (χ1v) is 5.95. The number of benzene rings is 1. The lowest BCUT2D eigenvalue weighted by molar-refractivity contribution is -0.511. The summed E-state index contributed by atoms with van der Waals surface area (Å²) in [5.41, 5.74) is 3.30. The summed E-state index contributed by atoms with van der Waals surface area (Å²) in [5, 5.41) is 4.43. The minimum absolute atomic E-state index is 0.867. The van der Waals surface area contributed by atoms with E-state index in [-0.39, 0.29) is 0 Å². The molecule has 0 N–H and O–H groups in total. The largest absolute Gasteiger partial charge is 0.387 e. The van der Waals surface area contributed by atoms with Crippen molar-refractivity contribution >= 4 is 5.78 Å². The predicted molar refractivity (Wildman–Crippen MR) is 69.1 cm³/mol. The standard InChI is InChI=1S/C14H15N4/c1-10-9-13(12-7-5-4-6-8-12)18-11(2)16-17(3)14(18)15-10/h4-9H,1-3H3/q+1. The van der Waals surface area contributed by atoms with Gasteiger partial charge in [-0.25, -0.2) is 0 Å². The summed E-state index contributed by atoms with van der Waals surface area (Å²) in [6, 6.07) is 12.4. The second-order valence-electron chi connectivity index (χ2n) is 4.46. The second kappa shape index (κ2) is 3.91. The van der Waals surface area contributed by atoms with Crippen LogP contribution in [0, 0.1) is 13.8 Å². The number of aromatic nitrogens is 4. The highest BCUT2D eigenvalue weighted by Crippen LogP contribution is 2.16. The van der Waals surface area contributed by atoms with Crippen molar-refractivity contribution in [3.05, 3.63) is 47.9 Å². The Kier molecular flexibility index (Phi) is 2.37. The van der Waals surface area contributed by atoms with Crippen LogP contribution in [-0.4, -0.2) is 14.8 Å². The average molecular weight is 239 g/mol. The topological polar surface area (TPSA) is 34.8 Å². The molecule has 0 saturated carbocycles. The fourth-order valence-electron chi connectivity index (χ4n) is 2.27. The minimum atomic E-state index is 0.867. The molecule has 18 heavy (non-hydrogen) atoms. The Hall–Kier alpha value is -2.23. The molecule has 3 aromatic rings. The zero-order valence-electron chi connectivity index (χ0n) is 10.8. The van der Waals surface area contributed by atoms with Gasteiger partial charge in [0.15, 0.2) is 0 Å². The lowest BCUT2D eigenvalue weighted by Gasteiger charge is -2.02. The van der Waals surface area contributed by atoms with Crippen LogP contribution >= 0.6 is 0 Å². The van der Waals surface area contributed by atoms with Crippen molar-refractivity contribution in [3.8, 4) is 11.3 Å². The molecule has 90 valence electrons. The van der Waals surface area contributed by atoms with Gasteiger partial charge in [0.25, 0.3) is 0 Å². The van der Waals surface area contributed by atoms with Crippen molar-refractivity contribution in [1.82, 2.24) is 14.8 Å². The van der Waals surface area contributed by atoms with Crippen LogP contribution in [-0.2, 0) is 7.05 Å². The van der Waals surface area contributed by atoms with Gasteiger partial charge in [-0.3, -0.25) is 0 Å². The molecule has 0 aliphatic carbocycles. The van der Waals surface area contributed by atoms with Gasteiger partial charge in [0, 0.05) is 18.6 Å². The van der Waals surface area contributed by atoms with Crippen LogP contribution < -0.4 is 4.40 Å². The van der Waals surface area contributed by atoms with E-state index in [2.05, 4.69) is 32.7 Å². The van der Waals surface area contributed by atoms with E-state index < -0.39 is 0 Å². The van der Waals surface area contributed by atoms with Crippen molar-refractivity contribution in [1.29, 1.82) is 0 Å². The van der Waals surface area contributed by atoms with Gasteiger partial charge in [0.1, 0.15) is 11.4 Å². The van der Waals surface area contributed by atoms with Gasteiger partial charge in [0.05, 0.1) is 7.05 Å². The van der Waals surface area contributed by atoms with Crippen LogP contribution in [0.2, 0.25) is 0 Å². The molecule has 2 heterocycles. The lowest BCUT2D eigenvalue weighted by atomic mass is 10.1.